The van der Waals surface area contributed by atoms with Crippen LogP contribution in [0.5, 0.6) is 5.75 Å². The molecule has 1 unspecified atom stereocenters. The smallest absolute Gasteiger partial charge is 0.124 e. The molecule has 0 aromatic heterocycles. The van der Waals surface area contributed by atoms with Crippen LogP contribution >= 0.6 is 0 Å². The molecule has 1 aliphatic rings. The van der Waals surface area contributed by atoms with E-state index in [2.05, 4.69) is 6.07 Å². The van der Waals surface area contributed by atoms with Gasteiger partial charge in [-0.05, 0) is 6.07 Å². The van der Waals surface area contributed by atoms with Gasteiger partial charge in [0.25, 0.3) is 0 Å². The molecule has 0 aliphatic carbocycles. The average molecular weight is 174 g/mol. The van der Waals surface area contributed by atoms with Crippen molar-refractivity contribution >= 4 is 0 Å². The first-order valence-corrected chi connectivity index (χ1v) is 4.14. The zero-order valence-electron chi connectivity index (χ0n) is 7.16. The largest absolute Gasteiger partial charge is 0.491 e. The number of ether oxygens (including phenoxy) is 1. The van der Waals surface area contributed by atoms with E-state index in [1.807, 2.05) is 24.3 Å². The number of benzene rings is 1. The first-order chi connectivity index (χ1) is 6.26. The Morgan fingerprint density at radius 2 is 2.31 bits per heavy atom. The molecular formula is C10H10N2O. The number of nitriles is 1. The molecule has 1 heterocycles. The van der Waals surface area contributed by atoms with Crippen molar-refractivity contribution in [2.75, 3.05) is 6.61 Å². The SMILES string of the molecule is N#CCC1(N)COc2ccccc21. The molecule has 2 rings (SSSR count). The van der Waals surface area contributed by atoms with Crippen LogP contribution in [0.3, 0.4) is 0 Å². The van der Waals surface area contributed by atoms with E-state index in [0.717, 1.165) is 11.3 Å². The van der Waals surface area contributed by atoms with E-state index < -0.39 is 5.54 Å². The van der Waals surface area contributed by atoms with Crippen LogP contribution in [0.1, 0.15) is 12.0 Å². The Morgan fingerprint density at radius 1 is 1.54 bits per heavy atom. The monoisotopic (exact) mass is 174 g/mol. The summed E-state index contributed by atoms with van der Waals surface area (Å²) in [4.78, 5) is 0. The standard InChI is InChI=1S/C10H10N2O/c11-6-5-10(12)7-13-9-4-2-1-3-8(9)10/h1-4H,5,7,12H2. The Hall–Kier alpha value is -1.53. The highest BCUT2D eigenvalue weighted by molar-refractivity contribution is 5.43. The fraction of sp³-hybridized carbons (Fsp3) is 0.300. The van der Waals surface area contributed by atoms with Crippen molar-refractivity contribution in [3.8, 4) is 11.8 Å². The highest BCUT2D eigenvalue weighted by Gasteiger charge is 2.36. The molecule has 0 saturated heterocycles. The van der Waals surface area contributed by atoms with Crippen molar-refractivity contribution in [3.63, 3.8) is 0 Å². The molecule has 0 radical (unpaired) electrons. The Morgan fingerprint density at radius 3 is 3.08 bits per heavy atom. The summed E-state index contributed by atoms with van der Waals surface area (Å²) in [6.45, 7) is 0.403. The van der Waals surface area contributed by atoms with E-state index in [9.17, 15) is 0 Å². The fourth-order valence-corrected chi connectivity index (χ4v) is 1.58. The second-order valence-electron chi connectivity index (χ2n) is 3.28. The lowest BCUT2D eigenvalue weighted by Crippen LogP contribution is -2.37. The van der Waals surface area contributed by atoms with Crippen LogP contribution in [0.4, 0.5) is 0 Å². The summed E-state index contributed by atoms with van der Waals surface area (Å²) in [7, 11) is 0. The summed E-state index contributed by atoms with van der Waals surface area (Å²) < 4.78 is 5.39. The molecule has 3 heteroatoms. The topological polar surface area (TPSA) is 59.0 Å². The molecule has 1 atom stereocenters. The van der Waals surface area contributed by atoms with Gasteiger partial charge in [-0.3, -0.25) is 0 Å². The van der Waals surface area contributed by atoms with Crippen LogP contribution < -0.4 is 10.5 Å². The number of hydrogen-bond donors (Lipinski definition) is 1. The first-order valence-electron chi connectivity index (χ1n) is 4.14. The van der Waals surface area contributed by atoms with Crippen LogP contribution in [0.15, 0.2) is 24.3 Å². The number of rotatable bonds is 1. The van der Waals surface area contributed by atoms with Crippen LogP contribution in [-0.2, 0) is 5.54 Å². The van der Waals surface area contributed by atoms with E-state index in [4.69, 9.17) is 15.7 Å². The normalized spacial score (nSPS) is 24.6. The van der Waals surface area contributed by atoms with Gasteiger partial charge in [0.2, 0.25) is 0 Å². The van der Waals surface area contributed by atoms with E-state index in [1.165, 1.54) is 0 Å². The lowest BCUT2D eigenvalue weighted by Gasteiger charge is -2.18. The molecule has 1 aromatic rings. The van der Waals surface area contributed by atoms with Gasteiger partial charge >= 0.3 is 0 Å². The predicted molar refractivity (Wildman–Crippen MR) is 48.0 cm³/mol. The van der Waals surface area contributed by atoms with Crippen LogP contribution in [0.2, 0.25) is 0 Å². The van der Waals surface area contributed by atoms with Gasteiger partial charge in [0.1, 0.15) is 12.4 Å². The number of fused-ring (bicyclic) bond motifs is 1. The van der Waals surface area contributed by atoms with Gasteiger partial charge in [0, 0.05) is 5.56 Å². The van der Waals surface area contributed by atoms with Crippen molar-refractivity contribution in [1.29, 1.82) is 5.26 Å². The van der Waals surface area contributed by atoms with Gasteiger partial charge < -0.3 is 10.5 Å². The van der Waals surface area contributed by atoms with Crippen molar-refractivity contribution in [2.24, 2.45) is 5.73 Å². The molecule has 13 heavy (non-hydrogen) atoms. The molecule has 2 N–H and O–H groups in total. The van der Waals surface area contributed by atoms with Gasteiger partial charge in [-0.2, -0.15) is 5.26 Å². The zero-order valence-corrected chi connectivity index (χ0v) is 7.16. The van der Waals surface area contributed by atoms with Crippen molar-refractivity contribution in [1.82, 2.24) is 0 Å². The molecule has 1 aromatic carbocycles. The van der Waals surface area contributed by atoms with Crippen LogP contribution in [0, 0.1) is 11.3 Å². The lowest BCUT2D eigenvalue weighted by atomic mass is 9.90. The molecule has 3 nitrogen and oxygen atoms in total. The number of para-hydroxylation sites is 1. The van der Waals surface area contributed by atoms with E-state index in [-0.39, 0.29) is 0 Å². The van der Waals surface area contributed by atoms with Gasteiger partial charge in [-0.15, -0.1) is 0 Å². The summed E-state index contributed by atoms with van der Waals surface area (Å²) in [5, 5.41) is 8.63. The Kier molecular flexibility index (Phi) is 1.71. The molecule has 0 amide bonds. The molecule has 66 valence electrons. The summed E-state index contributed by atoms with van der Waals surface area (Å²) in [5.41, 5.74) is 6.37. The predicted octanol–water partition coefficient (Wildman–Crippen LogP) is 1.15. The first kappa shape index (κ1) is 8.09. The maximum atomic E-state index is 8.63. The molecule has 0 saturated carbocycles. The summed E-state index contributed by atoms with van der Waals surface area (Å²) in [5.74, 6) is 0.806. The minimum Gasteiger partial charge on any atom is -0.491 e. The van der Waals surface area contributed by atoms with E-state index in [0.29, 0.717) is 13.0 Å². The Labute approximate surface area is 76.7 Å². The number of hydrogen-bond acceptors (Lipinski definition) is 3. The average Bonchev–Trinajstić information content (AvgIpc) is 2.46. The summed E-state index contributed by atoms with van der Waals surface area (Å²) >= 11 is 0. The second-order valence-corrected chi connectivity index (χ2v) is 3.28. The number of nitrogens with zero attached hydrogens (tertiary/aromatic N) is 1. The minimum absolute atomic E-state index is 0.296. The molecule has 0 spiro atoms. The number of nitrogens with two attached hydrogens (primary N) is 1. The van der Waals surface area contributed by atoms with Crippen molar-refractivity contribution < 1.29 is 4.74 Å². The third kappa shape index (κ3) is 1.16. The van der Waals surface area contributed by atoms with Crippen LogP contribution in [0.25, 0.3) is 0 Å². The summed E-state index contributed by atoms with van der Waals surface area (Å²) in [6.07, 6.45) is 0.296. The molecule has 0 bridgehead atoms. The van der Waals surface area contributed by atoms with Gasteiger partial charge in [-0.1, -0.05) is 18.2 Å². The zero-order chi connectivity index (χ0) is 9.31. The molecular weight excluding hydrogens is 164 g/mol. The fourth-order valence-electron chi connectivity index (χ4n) is 1.58. The Bertz CT molecular complexity index is 369. The highest BCUT2D eigenvalue weighted by atomic mass is 16.5. The quantitative estimate of drug-likeness (QED) is 0.694. The van der Waals surface area contributed by atoms with Gasteiger partial charge in [0.05, 0.1) is 18.0 Å². The maximum absolute atomic E-state index is 8.63. The van der Waals surface area contributed by atoms with Crippen molar-refractivity contribution in [2.45, 2.75) is 12.0 Å². The lowest BCUT2D eigenvalue weighted by molar-refractivity contribution is 0.271. The van der Waals surface area contributed by atoms with E-state index in [1.54, 1.807) is 0 Å². The van der Waals surface area contributed by atoms with Gasteiger partial charge in [0.15, 0.2) is 0 Å². The molecule has 1 aliphatic heterocycles. The Balaban J connectivity index is 2.44. The molecule has 0 fully saturated rings. The minimum atomic E-state index is -0.606. The summed E-state index contributed by atoms with van der Waals surface area (Å²) in [6, 6.07) is 9.69. The highest BCUT2D eigenvalue weighted by Crippen LogP contribution is 2.36. The van der Waals surface area contributed by atoms with Gasteiger partial charge in [-0.25, -0.2) is 0 Å². The van der Waals surface area contributed by atoms with Crippen LogP contribution in [-0.4, -0.2) is 6.61 Å². The van der Waals surface area contributed by atoms with E-state index >= 15 is 0 Å². The third-order valence-corrected chi connectivity index (χ3v) is 2.30. The third-order valence-electron chi connectivity index (χ3n) is 2.30. The maximum Gasteiger partial charge on any atom is 0.124 e. The second kappa shape index (κ2) is 2.75. The van der Waals surface area contributed by atoms with Crippen molar-refractivity contribution in [3.05, 3.63) is 29.8 Å².